The number of carbonyl (C=O) groups is 1. The van der Waals surface area contributed by atoms with Gasteiger partial charge in [0.1, 0.15) is 11.5 Å². The van der Waals surface area contributed by atoms with Gasteiger partial charge in [0, 0.05) is 38.8 Å². The lowest BCUT2D eigenvalue weighted by Gasteiger charge is -2.34. The lowest BCUT2D eigenvalue weighted by Crippen LogP contribution is -2.49. The summed E-state index contributed by atoms with van der Waals surface area (Å²) in [4.78, 5) is 15.9. The minimum Gasteiger partial charge on any atom is -0.395 e. The van der Waals surface area contributed by atoms with E-state index in [9.17, 15) is 4.79 Å². The highest BCUT2D eigenvalue weighted by atomic mass is 16.3. The number of aromatic amines is 1. The van der Waals surface area contributed by atoms with E-state index in [1.807, 2.05) is 0 Å². The van der Waals surface area contributed by atoms with Crippen LogP contribution in [0.1, 0.15) is 10.5 Å². The molecule has 0 radical (unpaired) electrons. The monoisotopic (exact) mass is 239 g/mol. The van der Waals surface area contributed by atoms with Crippen LogP contribution in [0, 0.1) is 0 Å². The van der Waals surface area contributed by atoms with Gasteiger partial charge in [-0.25, -0.2) is 0 Å². The zero-order chi connectivity index (χ0) is 12.3. The fourth-order valence-corrected chi connectivity index (χ4v) is 1.93. The number of carbonyl (C=O) groups excluding carboxylic acids is 1. The van der Waals surface area contributed by atoms with Crippen molar-refractivity contribution in [3.8, 4) is 0 Å². The highest BCUT2D eigenvalue weighted by molar-refractivity contribution is 5.93. The average Bonchev–Trinajstić information content (AvgIpc) is 2.76. The van der Waals surface area contributed by atoms with Gasteiger partial charge in [0.05, 0.1) is 6.61 Å². The van der Waals surface area contributed by atoms with Gasteiger partial charge in [-0.1, -0.05) is 0 Å². The first-order valence-electron chi connectivity index (χ1n) is 5.64. The summed E-state index contributed by atoms with van der Waals surface area (Å²) in [5.74, 6) is 0.255. The molecule has 0 aliphatic carbocycles. The zero-order valence-electron chi connectivity index (χ0n) is 9.59. The van der Waals surface area contributed by atoms with Crippen molar-refractivity contribution in [1.29, 1.82) is 0 Å². The number of nitrogen functional groups attached to an aromatic ring is 1. The van der Waals surface area contributed by atoms with Crippen LogP contribution >= 0.6 is 0 Å². The van der Waals surface area contributed by atoms with Crippen LogP contribution in [-0.4, -0.2) is 70.3 Å². The van der Waals surface area contributed by atoms with Crippen molar-refractivity contribution in [2.45, 2.75) is 0 Å². The number of amides is 1. The number of aromatic nitrogens is 2. The van der Waals surface area contributed by atoms with E-state index in [0.717, 1.165) is 13.1 Å². The minimum absolute atomic E-state index is 0.0714. The highest BCUT2D eigenvalue weighted by Gasteiger charge is 2.22. The second-order valence-electron chi connectivity index (χ2n) is 4.06. The molecule has 1 saturated heterocycles. The van der Waals surface area contributed by atoms with E-state index in [0.29, 0.717) is 31.1 Å². The van der Waals surface area contributed by atoms with E-state index in [-0.39, 0.29) is 12.5 Å². The molecule has 94 valence electrons. The lowest BCUT2D eigenvalue weighted by atomic mass is 10.2. The Labute approximate surface area is 99.2 Å². The summed E-state index contributed by atoms with van der Waals surface area (Å²) < 4.78 is 0. The Hall–Kier alpha value is -1.60. The first kappa shape index (κ1) is 11.9. The number of rotatable bonds is 3. The van der Waals surface area contributed by atoms with Gasteiger partial charge in [0.25, 0.3) is 5.91 Å². The number of piperazine rings is 1. The molecule has 1 aliphatic rings. The molecule has 0 atom stereocenters. The molecule has 0 unspecified atom stereocenters. The minimum atomic E-state index is -0.0714. The predicted octanol–water partition coefficient (Wildman–Crippen LogP) is -1.26. The molecule has 4 N–H and O–H groups in total. The van der Waals surface area contributed by atoms with Crippen LogP contribution in [0.15, 0.2) is 6.07 Å². The summed E-state index contributed by atoms with van der Waals surface area (Å²) in [6.45, 7) is 3.73. The summed E-state index contributed by atoms with van der Waals surface area (Å²) in [6.07, 6.45) is 0. The number of hydrogen-bond acceptors (Lipinski definition) is 5. The van der Waals surface area contributed by atoms with Gasteiger partial charge < -0.3 is 15.7 Å². The SMILES string of the molecule is Nc1cc(C(=O)N2CCN(CCO)CC2)[nH]n1. The Balaban J connectivity index is 1.90. The van der Waals surface area contributed by atoms with Crippen LogP contribution in [-0.2, 0) is 0 Å². The van der Waals surface area contributed by atoms with Crippen molar-refractivity contribution in [3.63, 3.8) is 0 Å². The van der Waals surface area contributed by atoms with Gasteiger partial charge in [-0.3, -0.25) is 14.8 Å². The smallest absolute Gasteiger partial charge is 0.272 e. The standard InChI is InChI=1S/C10H17N5O2/c11-9-7-8(12-13-9)10(17)15-3-1-14(2-4-15)5-6-16/h7,16H,1-6H2,(H3,11,12,13). The molecular weight excluding hydrogens is 222 g/mol. The summed E-state index contributed by atoms with van der Waals surface area (Å²) in [6, 6.07) is 1.54. The van der Waals surface area contributed by atoms with E-state index < -0.39 is 0 Å². The van der Waals surface area contributed by atoms with Crippen molar-refractivity contribution in [2.24, 2.45) is 0 Å². The number of aliphatic hydroxyl groups is 1. The molecule has 0 bridgehead atoms. The summed E-state index contributed by atoms with van der Waals surface area (Å²) in [7, 11) is 0. The molecule has 2 heterocycles. The van der Waals surface area contributed by atoms with E-state index >= 15 is 0 Å². The summed E-state index contributed by atoms with van der Waals surface area (Å²) in [5, 5.41) is 15.2. The van der Waals surface area contributed by atoms with Crippen molar-refractivity contribution >= 4 is 11.7 Å². The van der Waals surface area contributed by atoms with E-state index in [1.165, 1.54) is 0 Å². The molecule has 0 saturated carbocycles. The first-order valence-corrected chi connectivity index (χ1v) is 5.64. The Morgan fingerprint density at radius 2 is 2.18 bits per heavy atom. The van der Waals surface area contributed by atoms with Crippen LogP contribution in [0.3, 0.4) is 0 Å². The number of anilines is 1. The second kappa shape index (κ2) is 5.15. The topological polar surface area (TPSA) is 98.5 Å². The Morgan fingerprint density at radius 3 is 2.71 bits per heavy atom. The number of aliphatic hydroxyl groups excluding tert-OH is 1. The maximum absolute atomic E-state index is 12.0. The molecule has 1 fully saturated rings. The van der Waals surface area contributed by atoms with Crippen LogP contribution in [0.4, 0.5) is 5.82 Å². The molecule has 0 spiro atoms. The second-order valence-corrected chi connectivity index (χ2v) is 4.06. The highest BCUT2D eigenvalue weighted by Crippen LogP contribution is 2.08. The molecule has 2 rings (SSSR count). The lowest BCUT2D eigenvalue weighted by molar-refractivity contribution is 0.0609. The number of nitrogens with two attached hydrogens (primary N) is 1. The fraction of sp³-hybridized carbons (Fsp3) is 0.600. The summed E-state index contributed by atoms with van der Waals surface area (Å²) >= 11 is 0. The molecule has 1 aromatic heterocycles. The van der Waals surface area contributed by atoms with Gasteiger partial charge in [-0.05, 0) is 0 Å². The van der Waals surface area contributed by atoms with Crippen LogP contribution in [0.2, 0.25) is 0 Å². The molecule has 1 amide bonds. The third kappa shape index (κ3) is 2.75. The average molecular weight is 239 g/mol. The Kier molecular flexibility index (Phi) is 3.60. The number of β-amino-alcohol motifs (C(OH)–C–C–N with tert-alkyl or cyclic N) is 1. The van der Waals surface area contributed by atoms with E-state index in [4.69, 9.17) is 10.8 Å². The molecule has 7 heteroatoms. The van der Waals surface area contributed by atoms with Crippen LogP contribution in [0.25, 0.3) is 0 Å². The van der Waals surface area contributed by atoms with Gasteiger partial charge in [0.15, 0.2) is 0 Å². The van der Waals surface area contributed by atoms with Gasteiger partial charge >= 0.3 is 0 Å². The Morgan fingerprint density at radius 1 is 1.47 bits per heavy atom. The molecule has 0 aromatic carbocycles. The van der Waals surface area contributed by atoms with Crippen molar-refractivity contribution in [1.82, 2.24) is 20.0 Å². The number of nitrogens with one attached hydrogen (secondary N) is 1. The van der Waals surface area contributed by atoms with Crippen molar-refractivity contribution in [2.75, 3.05) is 45.1 Å². The zero-order valence-corrected chi connectivity index (χ0v) is 9.59. The largest absolute Gasteiger partial charge is 0.395 e. The van der Waals surface area contributed by atoms with E-state index in [2.05, 4.69) is 15.1 Å². The summed E-state index contributed by atoms with van der Waals surface area (Å²) in [5.41, 5.74) is 5.89. The van der Waals surface area contributed by atoms with Crippen molar-refractivity contribution < 1.29 is 9.90 Å². The molecule has 7 nitrogen and oxygen atoms in total. The quantitative estimate of drug-likeness (QED) is 0.611. The number of H-pyrrole nitrogens is 1. The number of hydrogen-bond donors (Lipinski definition) is 3. The normalized spacial score (nSPS) is 17.4. The maximum atomic E-state index is 12.0. The number of nitrogens with zero attached hydrogens (tertiary/aromatic N) is 3. The first-order chi connectivity index (χ1) is 8.20. The fourth-order valence-electron chi connectivity index (χ4n) is 1.93. The van der Waals surface area contributed by atoms with Gasteiger partial charge in [0.2, 0.25) is 0 Å². The molecular formula is C10H17N5O2. The van der Waals surface area contributed by atoms with Gasteiger partial charge in [-0.2, -0.15) is 5.10 Å². The Bertz CT molecular complexity index is 384. The molecule has 1 aliphatic heterocycles. The van der Waals surface area contributed by atoms with E-state index in [1.54, 1.807) is 11.0 Å². The third-order valence-corrected chi connectivity index (χ3v) is 2.90. The molecule has 1 aromatic rings. The third-order valence-electron chi connectivity index (χ3n) is 2.90. The predicted molar refractivity (Wildman–Crippen MR) is 62.4 cm³/mol. The van der Waals surface area contributed by atoms with Crippen LogP contribution < -0.4 is 5.73 Å². The molecule has 17 heavy (non-hydrogen) atoms. The van der Waals surface area contributed by atoms with Crippen molar-refractivity contribution in [3.05, 3.63) is 11.8 Å². The maximum Gasteiger partial charge on any atom is 0.272 e. The van der Waals surface area contributed by atoms with Crippen LogP contribution in [0.5, 0.6) is 0 Å². The van der Waals surface area contributed by atoms with Gasteiger partial charge in [-0.15, -0.1) is 0 Å².